The van der Waals surface area contributed by atoms with Crippen LogP contribution in [0.1, 0.15) is 62.7 Å². The number of carbonyl (C=O) groups excluding carboxylic acids is 2. The van der Waals surface area contributed by atoms with E-state index in [1.54, 1.807) is 6.07 Å². The van der Waals surface area contributed by atoms with Gasteiger partial charge in [0.2, 0.25) is 5.78 Å². The number of benzene rings is 2. The van der Waals surface area contributed by atoms with E-state index >= 15 is 0 Å². The topological polar surface area (TPSA) is 104 Å². The number of fused-ring (bicyclic) bond motifs is 3. The molecule has 6 nitrogen and oxygen atoms in total. The van der Waals surface area contributed by atoms with Crippen LogP contribution in [-0.4, -0.2) is 39.6 Å². The monoisotopic (exact) mass is 368 g/mol. The lowest BCUT2D eigenvalue weighted by molar-refractivity contribution is 0.0219. The van der Waals surface area contributed by atoms with Crippen LogP contribution in [0.2, 0.25) is 0 Å². The lowest BCUT2D eigenvalue weighted by Gasteiger charge is -2.34. The summed E-state index contributed by atoms with van der Waals surface area (Å²) in [5.41, 5.74) is 0.150. The largest absolute Gasteiger partial charge is 0.507 e. The van der Waals surface area contributed by atoms with Crippen molar-refractivity contribution >= 4 is 11.6 Å². The number of hydrogen-bond donors (Lipinski definition) is 3. The van der Waals surface area contributed by atoms with E-state index in [0.717, 1.165) is 5.56 Å². The van der Waals surface area contributed by atoms with Crippen molar-refractivity contribution in [3.63, 3.8) is 0 Å². The molecule has 0 amide bonds. The minimum Gasteiger partial charge on any atom is -0.507 e. The van der Waals surface area contributed by atoms with Crippen molar-refractivity contribution in [2.45, 2.75) is 38.2 Å². The highest BCUT2D eigenvalue weighted by Gasteiger charge is 2.40. The third-order valence-corrected chi connectivity index (χ3v) is 5.81. The molecule has 140 valence electrons. The highest BCUT2D eigenvalue weighted by atomic mass is 16.5. The maximum Gasteiger partial charge on any atom is 0.202 e. The van der Waals surface area contributed by atoms with E-state index in [0.29, 0.717) is 24.8 Å². The number of phenols is 2. The van der Waals surface area contributed by atoms with Crippen molar-refractivity contribution < 1.29 is 29.6 Å². The minimum absolute atomic E-state index is 0.00947. The molecule has 1 unspecified atom stereocenters. The maximum atomic E-state index is 13.1. The Morgan fingerprint density at radius 3 is 2.52 bits per heavy atom. The summed E-state index contributed by atoms with van der Waals surface area (Å²) in [6, 6.07) is 4.36. The van der Waals surface area contributed by atoms with Gasteiger partial charge in [-0.2, -0.15) is 0 Å². The van der Waals surface area contributed by atoms with Crippen LogP contribution in [0.3, 0.4) is 0 Å². The first-order valence-corrected chi connectivity index (χ1v) is 8.90. The molecule has 6 heteroatoms. The Bertz CT molecular complexity index is 1010. The van der Waals surface area contributed by atoms with Crippen molar-refractivity contribution in [1.82, 2.24) is 0 Å². The van der Waals surface area contributed by atoms with Crippen molar-refractivity contribution in [2.24, 2.45) is 0 Å². The number of hydrogen-bond acceptors (Lipinski definition) is 6. The summed E-state index contributed by atoms with van der Waals surface area (Å²) < 4.78 is 5.21. The number of phenolic OH excluding ortho intramolecular Hbond substituents is 2. The maximum absolute atomic E-state index is 13.1. The van der Waals surface area contributed by atoms with Gasteiger partial charge in [0.05, 0.1) is 29.4 Å². The van der Waals surface area contributed by atoms with E-state index < -0.39 is 17.2 Å². The van der Waals surface area contributed by atoms with Gasteiger partial charge in [-0.15, -0.1) is 0 Å². The van der Waals surface area contributed by atoms with Crippen LogP contribution in [0, 0.1) is 0 Å². The minimum atomic E-state index is -0.941. The van der Waals surface area contributed by atoms with Crippen molar-refractivity contribution in [1.29, 1.82) is 0 Å². The number of ether oxygens (including phenoxy) is 1. The van der Waals surface area contributed by atoms with Gasteiger partial charge in [-0.25, -0.2) is 0 Å². The van der Waals surface area contributed by atoms with Crippen LogP contribution in [0.5, 0.6) is 17.2 Å². The smallest absolute Gasteiger partial charge is 0.202 e. The van der Waals surface area contributed by atoms with Crippen LogP contribution in [-0.2, 0) is 12.8 Å². The molecule has 3 N–H and O–H groups in total. The number of aromatic hydroxyl groups is 2. The number of rotatable bonds is 2. The zero-order valence-electron chi connectivity index (χ0n) is 15.1. The molecule has 1 atom stereocenters. The summed E-state index contributed by atoms with van der Waals surface area (Å²) in [6.45, 7) is 1.87. The van der Waals surface area contributed by atoms with E-state index in [4.69, 9.17) is 4.74 Å². The highest BCUT2D eigenvalue weighted by Crippen LogP contribution is 2.45. The fraction of sp³-hybridized carbons (Fsp3) is 0.333. The highest BCUT2D eigenvalue weighted by molar-refractivity contribution is 6.31. The van der Waals surface area contributed by atoms with Gasteiger partial charge >= 0.3 is 0 Å². The zero-order chi connectivity index (χ0) is 19.5. The second kappa shape index (κ2) is 5.82. The Kier molecular flexibility index (Phi) is 3.78. The molecule has 0 fully saturated rings. The fourth-order valence-electron chi connectivity index (χ4n) is 4.14. The number of ketones is 2. The van der Waals surface area contributed by atoms with Crippen molar-refractivity contribution in [3.8, 4) is 17.2 Å². The molecule has 4 rings (SSSR count). The van der Waals surface area contributed by atoms with Crippen LogP contribution in [0.15, 0.2) is 18.2 Å². The molecule has 0 saturated heterocycles. The summed E-state index contributed by atoms with van der Waals surface area (Å²) in [7, 11) is 1.38. The van der Waals surface area contributed by atoms with E-state index in [2.05, 4.69) is 0 Å². The van der Waals surface area contributed by atoms with E-state index in [-0.39, 0.29) is 45.9 Å². The van der Waals surface area contributed by atoms with E-state index in [1.165, 1.54) is 19.2 Å². The molecule has 2 aliphatic rings. The zero-order valence-corrected chi connectivity index (χ0v) is 15.1. The molecule has 0 saturated carbocycles. The number of aryl methyl sites for hydroxylation is 1. The van der Waals surface area contributed by atoms with E-state index in [1.807, 2.05) is 6.92 Å². The lowest BCUT2D eigenvalue weighted by Crippen LogP contribution is -2.35. The third kappa shape index (κ3) is 2.36. The summed E-state index contributed by atoms with van der Waals surface area (Å²) in [4.78, 5) is 26.2. The van der Waals surface area contributed by atoms with Crippen LogP contribution >= 0.6 is 0 Å². The lowest BCUT2D eigenvalue weighted by atomic mass is 9.74. The molecular formula is C21H20O6. The molecule has 0 spiro atoms. The van der Waals surface area contributed by atoms with Crippen molar-refractivity contribution in [3.05, 3.63) is 51.6 Å². The van der Waals surface area contributed by atoms with Gasteiger partial charge in [0, 0.05) is 17.5 Å². The van der Waals surface area contributed by atoms with Gasteiger partial charge in [-0.3, -0.25) is 9.59 Å². The summed E-state index contributed by atoms with van der Waals surface area (Å²) in [6.07, 6.45) is 1.77. The second-order valence-corrected chi connectivity index (χ2v) is 7.24. The first-order valence-electron chi connectivity index (χ1n) is 8.90. The Hall–Kier alpha value is -2.86. The molecule has 2 aliphatic carbocycles. The van der Waals surface area contributed by atoms with Crippen LogP contribution in [0.25, 0.3) is 0 Å². The average Bonchev–Trinajstić information content (AvgIpc) is 2.66. The molecule has 0 radical (unpaired) electrons. The van der Waals surface area contributed by atoms with Gasteiger partial charge in [0.1, 0.15) is 17.2 Å². The Balaban J connectivity index is 1.97. The second-order valence-electron chi connectivity index (χ2n) is 7.24. The van der Waals surface area contributed by atoms with Gasteiger partial charge in [-0.1, -0.05) is 6.92 Å². The van der Waals surface area contributed by atoms with E-state index in [9.17, 15) is 24.9 Å². The summed E-state index contributed by atoms with van der Waals surface area (Å²) in [5.74, 6) is -1.51. The Labute approximate surface area is 156 Å². The predicted molar refractivity (Wildman–Crippen MR) is 96.9 cm³/mol. The fourth-order valence-corrected chi connectivity index (χ4v) is 4.14. The predicted octanol–water partition coefficient (Wildman–Crippen LogP) is 2.51. The van der Waals surface area contributed by atoms with Gasteiger partial charge in [-0.05, 0) is 43.0 Å². The Morgan fingerprint density at radius 2 is 1.85 bits per heavy atom. The molecule has 0 heterocycles. The first-order chi connectivity index (χ1) is 12.8. The number of aliphatic hydroxyl groups is 1. The normalized spacial score (nSPS) is 20.7. The molecule has 2 aromatic rings. The molecule has 27 heavy (non-hydrogen) atoms. The van der Waals surface area contributed by atoms with Crippen molar-refractivity contribution in [2.75, 3.05) is 7.11 Å². The Morgan fingerprint density at radius 1 is 1.11 bits per heavy atom. The van der Waals surface area contributed by atoms with Gasteiger partial charge in [0.15, 0.2) is 5.78 Å². The van der Waals surface area contributed by atoms with Crippen LogP contribution < -0.4 is 4.74 Å². The average molecular weight is 368 g/mol. The number of methoxy groups -OCH3 is 1. The molecule has 2 aromatic carbocycles. The molecule has 0 aliphatic heterocycles. The summed E-state index contributed by atoms with van der Waals surface area (Å²) in [5, 5.41) is 31.7. The standard InChI is InChI=1S/C21H20O6/c1-3-21(26)7-6-10-8-11-15(19(24)12(10)9-21)20(25)16-13(22)4-5-14(27-2)17(16)18(11)23/h4-5,8,22,24,26H,3,6-7,9H2,1-2H3. The van der Waals surface area contributed by atoms with Gasteiger partial charge in [0.25, 0.3) is 0 Å². The number of carbonyl (C=O) groups is 2. The molecular weight excluding hydrogens is 348 g/mol. The first kappa shape index (κ1) is 17.5. The molecule has 0 aromatic heterocycles. The third-order valence-electron chi connectivity index (χ3n) is 5.81. The quantitative estimate of drug-likeness (QED) is 0.642. The molecule has 0 bridgehead atoms. The van der Waals surface area contributed by atoms with Gasteiger partial charge < -0.3 is 20.1 Å². The summed E-state index contributed by atoms with van der Waals surface area (Å²) >= 11 is 0. The van der Waals surface area contributed by atoms with Crippen LogP contribution in [0.4, 0.5) is 0 Å². The SMILES string of the molecule is CCC1(O)CCc2cc3c(c(O)c2C1)C(=O)c1c(O)ccc(OC)c1C3=O.